The number of unbranched alkanes of at least 4 members (excludes halogenated alkanes) is 1. The summed E-state index contributed by atoms with van der Waals surface area (Å²) in [4.78, 5) is 1.48. The van der Waals surface area contributed by atoms with E-state index in [4.69, 9.17) is 0 Å². The molecule has 0 aromatic carbocycles. The minimum absolute atomic E-state index is 0.593. The van der Waals surface area contributed by atoms with Crippen LogP contribution in [0.15, 0.2) is 17.5 Å². The van der Waals surface area contributed by atoms with Gasteiger partial charge in [-0.05, 0) is 38.1 Å². The van der Waals surface area contributed by atoms with Crippen molar-refractivity contribution in [2.24, 2.45) is 0 Å². The van der Waals surface area contributed by atoms with E-state index in [0.29, 0.717) is 12.1 Å². The summed E-state index contributed by atoms with van der Waals surface area (Å²) in [5.41, 5.74) is 0. The Labute approximate surface area is 97.9 Å². The lowest BCUT2D eigenvalue weighted by atomic mass is 10.1. The van der Waals surface area contributed by atoms with E-state index in [-0.39, 0.29) is 0 Å². The third-order valence-electron chi connectivity index (χ3n) is 2.65. The highest BCUT2D eigenvalue weighted by Crippen LogP contribution is 2.11. The molecular formula is C13H23NS. The van der Waals surface area contributed by atoms with Crippen molar-refractivity contribution >= 4 is 11.3 Å². The zero-order valence-electron chi connectivity index (χ0n) is 10.1. The van der Waals surface area contributed by atoms with Crippen LogP contribution in [-0.2, 0) is 6.42 Å². The summed E-state index contributed by atoms with van der Waals surface area (Å²) >= 11 is 1.86. The van der Waals surface area contributed by atoms with Crippen molar-refractivity contribution in [3.05, 3.63) is 22.4 Å². The van der Waals surface area contributed by atoms with Gasteiger partial charge in [-0.2, -0.15) is 0 Å². The van der Waals surface area contributed by atoms with E-state index in [9.17, 15) is 0 Å². The predicted molar refractivity (Wildman–Crippen MR) is 69.6 cm³/mol. The van der Waals surface area contributed by atoms with Gasteiger partial charge in [0.25, 0.3) is 0 Å². The van der Waals surface area contributed by atoms with E-state index in [2.05, 4.69) is 43.6 Å². The molecule has 1 nitrogen and oxygen atoms in total. The molecule has 2 unspecified atom stereocenters. The van der Waals surface area contributed by atoms with Crippen LogP contribution >= 0.6 is 11.3 Å². The van der Waals surface area contributed by atoms with Crippen molar-refractivity contribution in [3.63, 3.8) is 0 Å². The molecule has 0 saturated carbocycles. The molecule has 0 saturated heterocycles. The van der Waals surface area contributed by atoms with Gasteiger partial charge in [0.05, 0.1) is 0 Å². The summed E-state index contributed by atoms with van der Waals surface area (Å²) in [7, 11) is 0. The first-order valence-electron chi connectivity index (χ1n) is 6.00. The van der Waals surface area contributed by atoms with Crippen LogP contribution in [-0.4, -0.2) is 12.1 Å². The fourth-order valence-electron chi connectivity index (χ4n) is 1.87. The van der Waals surface area contributed by atoms with E-state index in [1.165, 1.54) is 24.1 Å². The summed E-state index contributed by atoms with van der Waals surface area (Å²) in [5, 5.41) is 5.81. The van der Waals surface area contributed by atoms with Gasteiger partial charge in [-0.3, -0.25) is 0 Å². The maximum absolute atomic E-state index is 3.66. The first kappa shape index (κ1) is 12.7. The van der Waals surface area contributed by atoms with Crippen molar-refractivity contribution in [2.45, 2.75) is 58.5 Å². The third-order valence-corrected chi connectivity index (χ3v) is 3.55. The molecule has 2 atom stereocenters. The van der Waals surface area contributed by atoms with Crippen LogP contribution in [0, 0.1) is 0 Å². The number of thiophene rings is 1. The van der Waals surface area contributed by atoms with Crippen LogP contribution in [0.4, 0.5) is 0 Å². The number of rotatable bonds is 7. The molecule has 0 fully saturated rings. The Morgan fingerprint density at radius 3 is 2.73 bits per heavy atom. The molecule has 2 heteroatoms. The molecule has 0 aliphatic heterocycles. The van der Waals surface area contributed by atoms with Crippen molar-refractivity contribution in [2.75, 3.05) is 0 Å². The first-order chi connectivity index (χ1) is 7.22. The lowest BCUT2D eigenvalue weighted by Crippen LogP contribution is -2.35. The van der Waals surface area contributed by atoms with Gasteiger partial charge in [0.15, 0.2) is 0 Å². The van der Waals surface area contributed by atoms with Crippen molar-refractivity contribution < 1.29 is 0 Å². The number of hydrogen-bond acceptors (Lipinski definition) is 2. The average Bonchev–Trinajstić information content (AvgIpc) is 2.67. The van der Waals surface area contributed by atoms with Crippen molar-refractivity contribution in [1.29, 1.82) is 0 Å². The van der Waals surface area contributed by atoms with Gasteiger partial charge in [0.1, 0.15) is 0 Å². The molecule has 1 heterocycles. The normalized spacial score (nSPS) is 15.1. The monoisotopic (exact) mass is 225 g/mol. The zero-order valence-corrected chi connectivity index (χ0v) is 10.9. The average molecular weight is 225 g/mol. The van der Waals surface area contributed by atoms with Crippen molar-refractivity contribution in [3.8, 4) is 0 Å². The van der Waals surface area contributed by atoms with E-state index >= 15 is 0 Å². The van der Waals surface area contributed by atoms with Crippen molar-refractivity contribution in [1.82, 2.24) is 5.32 Å². The van der Waals surface area contributed by atoms with Crippen LogP contribution in [0.2, 0.25) is 0 Å². The molecule has 0 aliphatic rings. The zero-order chi connectivity index (χ0) is 11.1. The molecule has 0 aliphatic carbocycles. The summed E-state index contributed by atoms with van der Waals surface area (Å²) < 4.78 is 0. The van der Waals surface area contributed by atoms with Crippen LogP contribution in [0.3, 0.4) is 0 Å². The van der Waals surface area contributed by atoms with E-state index in [0.717, 1.165) is 6.42 Å². The lowest BCUT2D eigenvalue weighted by Gasteiger charge is -2.19. The van der Waals surface area contributed by atoms with Gasteiger partial charge in [-0.1, -0.05) is 25.8 Å². The summed E-state index contributed by atoms with van der Waals surface area (Å²) in [6, 6.07) is 5.60. The molecule has 1 aromatic rings. The third kappa shape index (κ3) is 5.33. The molecule has 0 bridgehead atoms. The second-order valence-corrected chi connectivity index (χ2v) is 5.43. The largest absolute Gasteiger partial charge is 0.311 e. The fourth-order valence-corrected chi connectivity index (χ4v) is 2.70. The van der Waals surface area contributed by atoms with E-state index in [1.807, 2.05) is 11.3 Å². The Kier molecular flexibility index (Phi) is 5.96. The van der Waals surface area contributed by atoms with Gasteiger partial charge in [0.2, 0.25) is 0 Å². The minimum atomic E-state index is 0.593. The molecular weight excluding hydrogens is 202 g/mol. The summed E-state index contributed by atoms with van der Waals surface area (Å²) in [5.74, 6) is 0. The first-order valence-corrected chi connectivity index (χ1v) is 6.88. The quantitative estimate of drug-likeness (QED) is 0.743. The molecule has 0 radical (unpaired) electrons. The summed E-state index contributed by atoms with van der Waals surface area (Å²) in [6.07, 6.45) is 5.09. The van der Waals surface area contributed by atoms with Crippen LogP contribution in [0.1, 0.15) is 44.9 Å². The molecule has 86 valence electrons. The number of hydrogen-bond donors (Lipinski definition) is 1. The highest BCUT2D eigenvalue weighted by molar-refractivity contribution is 7.09. The molecule has 1 rings (SSSR count). The highest BCUT2D eigenvalue weighted by atomic mass is 32.1. The molecule has 1 aromatic heterocycles. The molecule has 0 amide bonds. The fraction of sp³-hybridized carbons (Fsp3) is 0.692. The van der Waals surface area contributed by atoms with E-state index < -0.39 is 0 Å². The topological polar surface area (TPSA) is 12.0 Å². The molecule has 1 N–H and O–H groups in total. The van der Waals surface area contributed by atoms with Gasteiger partial charge >= 0.3 is 0 Å². The maximum Gasteiger partial charge on any atom is 0.00894 e. The Morgan fingerprint density at radius 2 is 2.13 bits per heavy atom. The second kappa shape index (κ2) is 7.02. The maximum atomic E-state index is 3.66. The van der Waals surface area contributed by atoms with Gasteiger partial charge in [0, 0.05) is 17.0 Å². The van der Waals surface area contributed by atoms with E-state index in [1.54, 1.807) is 0 Å². The molecule has 0 spiro atoms. The highest BCUT2D eigenvalue weighted by Gasteiger charge is 2.07. The molecule has 15 heavy (non-hydrogen) atoms. The van der Waals surface area contributed by atoms with Crippen LogP contribution in [0.25, 0.3) is 0 Å². The Hall–Kier alpha value is -0.340. The predicted octanol–water partition coefficient (Wildman–Crippen LogP) is 3.85. The Bertz CT molecular complexity index is 243. The van der Waals surface area contributed by atoms with Gasteiger partial charge < -0.3 is 5.32 Å². The van der Waals surface area contributed by atoms with Crippen LogP contribution < -0.4 is 5.32 Å². The second-order valence-electron chi connectivity index (χ2n) is 4.39. The smallest absolute Gasteiger partial charge is 0.00894 e. The minimum Gasteiger partial charge on any atom is -0.311 e. The summed E-state index contributed by atoms with van der Waals surface area (Å²) in [6.45, 7) is 6.82. The van der Waals surface area contributed by atoms with Gasteiger partial charge in [-0.25, -0.2) is 0 Å². The SMILES string of the molecule is CCCCC(C)NC(C)Cc1cccs1. The lowest BCUT2D eigenvalue weighted by molar-refractivity contribution is 0.435. The van der Waals surface area contributed by atoms with Crippen LogP contribution in [0.5, 0.6) is 0 Å². The Morgan fingerprint density at radius 1 is 1.33 bits per heavy atom. The Balaban J connectivity index is 2.20. The number of nitrogens with one attached hydrogen (secondary N) is 1. The standard InChI is InChI=1S/C13H23NS/c1-4-5-7-11(2)14-12(3)10-13-8-6-9-15-13/h6,8-9,11-12,14H,4-5,7,10H2,1-3H3. The van der Waals surface area contributed by atoms with Gasteiger partial charge in [-0.15, -0.1) is 11.3 Å².